The summed E-state index contributed by atoms with van der Waals surface area (Å²) in [5.74, 6) is -1.18. The monoisotopic (exact) mass is 575 g/mol. The molecule has 0 saturated carbocycles. The maximum absolute atomic E-state index is 12.5. The molecule has 0 bridgehead atoms. The number of amides is 1. The molecule has 208 valence electrons. The Bertz CT molecular complexity index is 1480. The van der Waals surface area contributed by atoms with E-state index in [9.17, 15) is 28.1 Å². The molecule has 3 aromatic carbocycles. The molecule has 9 nitrogen and oxygen atoms in total. The highest BCUT2D eigenvalue weighted by Gasteiger charge is 2.33. The van der Waals surface area contributed by atoms with Crippen molar-refractivity contribution in [2.24, 2.45) is 0 Å². The Morgan fingerprint density at radius 1 is 0.975 bits per heavy atom. The summed E-state index contributed by atoms with van der Waals surface area (Å²) in [6, 6.07) is 21.2. The number of benzene rings is 3. The minimum atomic E-state index is -4.65. The van der Waals surface area contributed by atoms with E-state index in [0.717, 1.165) is 11.1 Å². The molecular weight excluding hydrogens is 555 g/mol. The van der Waals surface area contributed by atoms with E-state index < -0.39 is 41.4 Å². The van der Waals surface area contributed by atoms with E-state index in [1.165, 1.54) is 12.1 Å². The van der Waals surface area contributed by atoms with Crippen LogP contribution in [0.5, 0.6) is 11.5 Å². The second-order valence-electron chi connectivity index (χ2n) is 8.46. The highest BCUT2D eigenvalue weighted by molar-refractivity contribution is 6.32. The maximum atomic E-state index is 12.5. The van der Waals surface area contributed by atoms with Gasteiger partial charge >= 0.3 is 11.9 Å². The summed E-state index contributed by atoms with van der Waals surface area (Å²) in [6.07, 6.45) is -5.47. The molecule has 0 aliphatic heterocycles. The highest BCUT2D eigenvalue weighted by Crippen LogP contribution is 2.43. The van der Waals surface area contributed by atoms with Crippen molar-refractivity contribution < 1.29 is 36.9 Å². The van der Waals surface area contributed by atoms with Gasteiger partial charge in [-0.1, -0.05) is 77.4 Å². The van der Waals surface area contributed by atoms with Gasteiger partial charge in [0.1, 0.15) is 31.3 Å². The van der Waals surface area contributed by atoms with Crippen LogP contribution in [0.4, 0.5) is 18.9 Å². The molecule has 0 atom stereocenters. The molecule has 0 fully saturated rings. The zero-order valence-corrected chi connectivity index (χ0v) is 21.4. The molecule has 1 N–H and O–H groups in total. The van der Waals surface area contributed by atoms with E-state index >= 15 is 0 Å². The molecule has 0 aliphatic carbocycles. The van der Waals surface area contributed by atoms with Crippen LogP contribution in [0, 0.1) is 10.1 Å². The van der Waals surface area contributed by atoms with Gasteiger partial charge in [-0.25, -0.2) is 0 Å². The van der Waals surface area contributed by atoms with Crippen LogP contribution in [0.1, 0.15) is 16.8 Å². The van der Waals surface area contributed by atoms with E-state index in [0.29, 0.717) is 0 Å². The Balaban J connectivity index is 1.68. The number of carbonyl (C=O) groups excluding carboxylic acids is 1. The smallest absolute Gasteiger partial charge is 0.405 e. The molecule has 4 aromatic rings. The van der Waals surface area contributed by atoms with Crippen molar-refractivity contribution in [3.8, 4) is 22.8 Å². The van der Waals surface area contributed by atoms with Crippen molar-refractivity contribution in [2.75, 3.05) is 6.54 Å². The number of halogens is 4. The summed E-state index contributed by atoms with van der Waals surface area (Å²) in [6.45, 7) is -1.35. The first-order valence-electron chi connectivity index (χ1n) is 11.7. The highest BCUT2D eigenvalue weighted by atomic mass is 35.5. The largest absolute Gasteiger partial charge is 0.488 e. The zero-order valence-electron chi connectivity index (χ0n) is 20.6. The van der Waals surface area contributed by atoms with Crippen LogP contribution in [0.25, 0.3) is 11.3 Å². The first kappa shape index (κ1) is 28.4. The van der Waals surface area contributed by atoms with Gasteiger partial charge in [-0.3, -0.25) is 14.9 Å². The average Bonchev–Trinajstić information content (AvgIpc) is 3.34. The topological polar surface area (TPSA) is 117 Å². The van der Waals surface area contributed by atoms with E-state index in [4.69, 9.17) is 25.6 Å². The molecule has 0 aliphatic rings. The lowest BCUT2D eigenvalue weighted by Crippen LogP contribution is -2.34. The lowest BCUT2D eigenvalue weighted by Gasteiger charge is -2.14. The Hall–Kier alpha value is -4.58. The SMILES string of the molecule is O=C(Cc1noc(-c2cc(Cl)c(OCc3ccccc3)cc2OCc2ccccc2)c1[N+](=O)[O-])NCC(F)(F)F. The molecule has 0 radical (unpaired) electrons. The summed E-state index contributed by atoms with van der Waals surface area (Å²) < 4.78 is 54.4. The van der Waals surface area contributed by atoms with Gasteiger partial charge in [-0.05, 0) is 17.2 Å². The Morgan fingerprint density at radius 2 is 1.55 bits per heavy atom. The van der Waals surface area contributed by atoms with Crippen molar-refractivity contribution in [3.63, 3.8) is 0 Å². The van der Waals surface area contributed by atoms with Gasteiger partial charge in [-0.2, -0.15) is 13.2 Å². The summed E-state index contributed by atoms with van der Waals surface area (Å²) in [5, 5.41) is 17.3. The number of nitrogens with zero attached hydrogens (tertiary/aromatic N) is 2. The van der Waals surface area contributed by atoms with Gasteiger partial charge < -0.3 is 19.3 Å². The van der Waals surface area contributed by atoms with Gasteiger partial charge in [0.25, 0.3) is 0 Å². The molecular formula is C27H21ClF3N3O6. The van der Waals surface area contributed by atoms with Crippen molar-refractivity contribution in [1.29, 1.82) is 0 Å². The number of nitrogens with one attached hydrogen (secondary N) is 1. The molecule has 1 heterocycles. The third kappa shape index (κ3) is 7.50. The summed E-state index contributed by atoms with van der Waals surface area (Å²) in [4.78, 5) is 23.1. The van der Waals surface area contributed by atoms with Gasteiger partial charge in [-0.15, -0.1) is 0 Å². The second-order valence-corrected chi connectivity index (χ2v) is 8.87. The molecule has 13 heteroatoms. The lowest BCUT2D eigenvalue weighted by molar-refractivity contribution is -0.385. The summed E-state index contributed by atoms with van der Waals surface area (Å²) >= 11 is 6.46. The maximum Gasteiger partial charge on any atom is 0.405 e. The van der Waals surface area contributed by atoms with Crippen molar-refractivity contribution in [1.82, 2.24) is 10.5 Å². The predicted octanol–water partition coefficient (Wildman–Crippen LogP) is 6.28. The molecule has 1 amide bonds. The van der Waals surface area contributed by atoms with Crippen LogP contribution < -0.4 is 14.8 Å². The van der Waals surface area contributed by atoms with Gasteiger partial charge in [0.05, 0.1) is 21.9 Å². The number of alkyl halides is 3. The Morgan fingerprint density at radius 3 is 2.10 bits per heavy atom. The number of hydrogen-bond donors (Lipinski definition) is 1. The van der Waals surface area contributed by atoms with Crippen LogP contribution in [0.15, 0.2) is 77.3 Å². The van der Waals surface area contributed by atoms with E-state index in [2.05, 4.69) is 5.16 Å². The van der Waals surface area contributed by atoms with E-state index in [-0.39, 0.29) is 41.1 Å². The van der Waals surface area contributed by atoms with Gasteiger partial charge in [0.2, 0.25) is 11.7 Å². The van der Waals surface area contributed by atoms with Crippen molar-refractivity contribution in [3.05, 3.63) is 105 Å². The minimum Gasteiger partial charge on any atom is -0.488 e. The fraction of sp³-hybridized carbons (Fsp3) is 0.185. The van der Waals surface area contributed by atoms with E-state index in [1.54, 1.807) is 5.32 Å². The predicted molar refractivity (Wildman–Crippen MR) is 138 cm³/mol. The fourth-order valence-corrected chi connectivity index (χ4v) is 3.84. The van der Waals surface area contributed by atoms with Crippen LogP contribution in [0.2, 0.25) is 5.02 Å². The lowest BCUT2D eigenvalue weighted by atomic mass is 10.1. The molecule has 0 saturated heterocycles. The third-order valence-corrected chi connectivity index (χ3v) is 5.78. The Kier molecular flexibility index (Phi) is 8.90. The van der Waals surface area contributed by atoms with Crippen LogP contribution >= 0.6 is 11.6 Å². The van der Waals surface area contributed by atoms with E-state index in [1.807, 2.05) is 60.7 Å². The molecule has 0 unspecified atom stereocenters. The second kappa shape index (κ2) is 12.5. The summed E-state index contributed by atoms with van der Waals surface area (Å²) in [7, 11) is 0. The number of nitro groups is 1. The average molecular weight is 576 g/mol. The molecule has 4 rings (SSSR count). The molecule has 0 spiro atoms. The molecule has 40 heavy (non-hydrogen) atoms. The first-order chi connectivity index (χ1) is 19.1. The Labute approximate surface area is 230 Å². The van der Waals surface area contributed by atoms with Gasteiger partial charge in [0.15, 0.2) is 5.69 Å². The third-order valence-electron chi connectivity index (χ3n) is 5.49. The number of rotatable bonds is 11. The fourth-order valence-electron chi connectivity index (χ4n) is 3.63. The van der Waals surface area contributed by atoms with Crippen LogP contribution in [-0.4, -0.2) is 28.7 Å². The number of hydrogen-bond acceptors (Lipinski definition) is 7. The van der Waals surface area contributed by atoms with Crippen molar-refractivity contribution >= 4 is 23.2 Å². The molecule has 1 aromatic heterocycles. The minimum absolute atomic E-state index is 0.0362. The zero-order chi connectivity index (χ0) is 28.7. The number of carbonyl (C=O) groups is 1. The first-order valence-corrected chi connectivity index (χ1v) is 12.1. The van der Waals surface area contributed by atoms with Gasteiger partial charge in [0, 0.05) is 6.07 Å². The normalized spacial score (nSPS) is 11.2. The van der Waals surface area contributed by atoms with Crippen molar-refractivity contribution in [2.45, 2.75) is 25.8 Å². The number of ether oxygens (including phenoxy) is 2. The summed E-state index contributed by atoms with van der Waals surface area (Å²) in [5.41, 5.74) is 0.530. The van der Waals surface area contributed by atoms with Crippen LogP contribution in [-0.2, 0) is 24.4 Å². The quantitative estimate of drug-likeness (QED) is 0.165. The number of aromatic nitrogens is 1. The standard InChI is InChI=1S/C27H21ClF3N3O6/c28-20-11-19(26-25(34(36)37)21(33-40-26)12-24(35)32-16-27(29,30)31)22(38-14-17-7-3-1-4-8-17)13-23(20)39-15-18-9-5-2-6-10-18/h1-11,13H,12,14-16H2,(H,32,35). The van der Waals surface area contributed by atoms with Crippen LogP contribution in [0.3, 0.4) is 0 Å².